The van der Waals surface area contributed by atoms with Gasteiger partial charge >= 0.3 is 0 Å². The molecule has 0 spiro atoms. The Bertz CT molecular complexity index is 482. The number of hydrogen-bond donors (Lipinski definition) is 1. The molecule has 76 valence electrons. The molecule has 2 amide bonds. The van der Waals surface area contributed by atoms with Crippen LogP contribution in [0.15, 0.2) is 18.2 Å². The van der Waals surface area contributed by atoms with Crippen molar-refractivity contribution in [1.29, 1.82) is 0 Å². The van der Waals surface area contributed by atoms with Crippen LogP contribution >= 0.6 is 11.6 Å². The standard InChI is InChI=1S/C10H6ClNO3/c11-7(13)4-5-2-1-3-6-8(5)10(15)12-9(6)14/h1-3H,4H2,(H,12,14,15). The molecule has 1 aromatic carbocycles. The number of carbonyl (C=O) groups excluding carboxylic acids is 3. The van der Waals surface area contributed by atoms with Crippen molar-refractivity contribution in [1.82, 2.24) is 5.32 Å². The topological polar surface area (TPSA) is 63.2 Å². The van der Waals surface area contributed by atoms with Crippen LogP contribution in [-0.4, -0.2) is 17.1 Å². The zero-order chi connectivity index (χ0) is 11.0. The van der Waals surface area contributed by atoms with Crippen molar-refractivity contribution in [2.45, 2.75) is 6.42 Å². The minimum absolute atomic E-state index is 0.0502. The molecule has 1 heterocycles. The molecule has 0 fully saturated rings. The smallest absolute Gasteiger partial charge is 0.259 e. The summed E-state index contributed by atoms with van der Waals surface area (Å²) in [6.45, 7) is 0. The van der Waals surface area contributed by atoms with Crippen molar-refractivity contribution in [2.75, 3.05) is 0 Å². The number of imide groups is 1. The van der Waals surface area contributed by atoms with Gasteiger partial charge in [0, 0.05) is 6.42 Å². The van der Waals surface area contributed by atoms with Crippen LogP contribution in [-0.2, 0) is 11.2 Å². The molecular weight excluding hydrogens is 218 g/mol. The van der Waals surface area contributed by atoms with E-state index >= 15 is 0 Å². The zero-order valence-corrected chi connectivity index (χ0v) is 8.30. The quantitative estimate of drug-likeness (QED) is 0.598. The first-order valence-corrected chi connectivity index (χ1v) is 4.63. The van der Waals surface area contributed by atoms with E-state index in [4.69, 9.17) is 11.6 Å². The summed E-state index contributed by atoms with van der Waals surface area (Å²) in [5, 5.41) is 1.60. The van der Waals surface area contributed by atoms with E-state index in [-0.39, 0.29) is 12.0 Å². The molecule has 0 aliphatic carbocycles. The zero-order valence-electron chi connectivity index (χ0n) is 7.54. The molecule has 15 heavy (non-hydrogen) atoms. The summed E-state index contributed by atoms with van der Waals surface area (Å²) in [6.07, 6.45) is -0.0502. The highest BCUT2D eigenvalue weighted by atomic mass is 35.5. The molecule has 1 aliphatic rings. The van der Waals surface area contributed by atoms with Crippen LogP contribution in [0.1, 0.15) is 26.3 Å². The van der Waals surface area contributed by atoms with E-state index in [2.05, 4.69) is 5.32 Å². The summed E-state index contributed by atoms with van der Waals surface area (Å²) >= 11 is 5.24. The molecule has 2 rings (SSSR count). The molecule has 4 nitrogen and oxygen atoms in total. The average molecular weight is 224 g/mol. The Balaban J connectivity index is 2.55. The van der Waals surface area contributed by atoms with Gasteiger partial charge in [0.05, 0.1) is 11.1 Å². The average Bonchev–Trinajstić information content (AvgIpc) is 2.43. The van der Waals surface area contributed by atoms with Crippen LogP contribution in [0.3, 0.4) is 0 Å². The number of hydrogen-bond acceptors (Lipinski definition) is 3. The maximum Gasteiger partial charge on any atom is 0.259 e. The van der Waals surface area contributed by atoms with Gasteiger partial charge in [0.2, 0.25) is 5.24 Å². The van der Waals surface area contributed by atoms with Gasteiger partial charge in [-0.2, -0.15) is 0 Å². The van der Waals surface area contributed by atoms with Crippen LogP contribution in [0.2, 0.25) is 0 Å². The fourth-order valence-corrected chi connectivity index (χ4v) is 1.73. The van der Waals surface area contributed by atoms with Crippen molar-refractivity contribution >= 4 is 28.7 Å². The lowest BCUT2D eigenvalue weighted by molar-refractivity contribution is -0.111. The van der Waals surface area contributed by atoms with E-state index in [1.807, 2.05) is 0 Å². The molecular formula is C10H6ClNO3. The molecule has 0 radical (unpaired) electrons. The minimum Gasteiger partial charge on any atom is -0.288 e. The number of fused-ring (bicyclic) bond motifs is 1. The molecule has 1 aliphatic heterocycles. The molecule has 1 aromatic rings. The van der Waals surface area contributed by atoms with Gasteiger partial charge in [-0.15, -0.1) is 0 Å². The normalized spacial score (nSPS) is 13.7. The van der Waals surface area contributed by atoms with Gasteiger partial charge in [-0.25, -0.2) is 0 Å². The lowest BCUT2D eigenvalue weighted by Crippen LogP contribution is -2.20. The second-order valence-corrected chi connectivity index (χ2v) is 3.58. The summed E-state index contributed by atoms with van der Waals surface area (Å²) in [7, 11) is 0. The van der Waals surface area contributed by atoms with E-state index in [1.165, 1.54) is 6.07 Å². The Hall–Kier alpha value is -1.68. The largest absolute Gasteiger partial charge is 0.288 e. The van der Waals surface area contributed by atoms with E-state index < -0.39 is 17.1 Å². The first kappa shape index (κ1) is 9.86. The first-order valence-electron chi connectivity index (χ1n) is 4.25. The third-order valence-electron chi connectivity index (χ3n) is 2.18. The van der Waals surface area contributed by atoms with Gasteiger partial charge in [0.25, 0.3) is 11.8 Å². The van der Waals surface area contributed by atoms with Gasteiger partial charge in [-0.1, -0.05) is 12.1 Å². The Morgan fingerprint density at radius 1 is 1.27 bits per heavy atom. The monoisotopic (exact) mass is 223 g/mol. The lowest BCUT2D eigenvalue weighted by Gasteiger charge is -2.01. The molecule has 0 saturated carbocycles. The lowest BCUT2D eigenvalue weighted by atomic mass is 10.0. The highest BCUT2D eigenvalue weighted by molar-refractivity contribution is 6.63. The van der Waals surface area contributed by atoms with Gasteiger partial charge < -0.3 is 0 Å². The molecule has 0 unspecified atom stereocenters. The van der Waals surface area contributed by atoms with Gasteiger partial charge in [-0.3, -0.25) is 19.7 Å². The van der Waals surface area contributed by atoms with Gasteiger partial charge in [-0.05, 0) is 23.2 Å². The number of rotatable bonds is 2. The Morgan fingerprint density at radius 3 is 2.67 bits per heavy atom. The predicted molar refractivity (Wildman–Crippen MR) is 52.8 cm³/mol. The van der Waals surface area contributed by atoms with Crippen molar-refractivity contribution in [3.8, 4) is 0 Å². The van der Waals surface area contributed by atoms with Gasteiger partial charge in [0.15, 0.2) is 0 Å². The highest BCUT2D eigenvalue weighted by Crippen LogP contribution is 2.20. The van der Waals surface area contributed by atoms with Crippen molar-refractivity contribution in [3.63, 3.8) is 0 Å². The van der Waals surface area contributed by atoms with Crippen LogP contribution in [0.4, 0.5) is 0 Å². The summed E-state index contributed by atoms with van der Waals surface area (Å²) < 4.78 is 0. The Labute approximate surface area is 90.2 Å². The molecule has 0 bridgehead atoms. The Morgan fingerprint density at radius 2 is 2.00 bits per heavy atom. The third kappa shape index (κ3) is 1.64. The van der Waals surface area contributed by atoms with E-state index in [1.54, 1.807) is 12.1 Å². The number of benzene rings is 1. The first-order chi connectivity index (χ1) is 7.09. The van der Waals surface area contributed by atoms with Crippen LogP contribution < -0.4 is 5.32 Å². The summed E-state index contributed by atoms with van der Waals surface area (Å²) in [5.41, 5.74) is 1.04. The van der Waals surface area contributed by atoms with E-state index in [0.717, 1.165) is 0 Å². The molecule has 0 saturated heterocycles. The van der Waals surface area contributed by atoms with E-state index in [0.29, 0.717) is 11.1 Å². The highest BCUT2D eigenvalue weighted by Gasteiger charge is 2.29. The van der Waals surface area contributed by atoms with Crippen molar-refractivity contribution in [3.05, 3.63) is 34.9 Å². The number of nitrogens with one attached hydrogen (secondary N) is 1. The SMILES string of the molecule is O=C(Cl)Cc1cccc2c1C(=O)NC2=O. The molecule has 0 atom stereocenters. The second kappa shape index (κ2) is 3.47. The molecule has 0 aromatic heterocycles. The minimum atomic E-state index is -0.560. The third-order valence-corrected chi connectivity index (χ3v) is 2.31. The number of amides is 2. The van der Waals surface area contributed by atoms with Crippen LogP contribution in [0.25, 0.3) is 0 Å². The maximum atomic E-state index is 11.4. The fraction of sp³-hybridized carbons (Fsp3) is 0.100. The predicted octanol–water partition coefficient (Wildman–Crippen LogP) is 0.878. The molecule has 1 N–H and O–H groups in total. The van der Waals surface area contributed by atoms with Crippen LogP contribution in [0.5, 0.6) is 0 Å². The van der Waals surface area contributed by atoms with Gasteiger partial charge in [0.1, 0.15) is 0 Å². The van der Waals surface area contributed by atoms with Crippen molar-refractivity contribution < 1.29 is 14.4 Å². The fourth-order valence-electron chi connectivity index (χ4n) is 1.59. The summed E-state index contributed by atoms with van der Waals surface area (Å²) in [6, 6.07) is 4.77. The van der Waals surface area contributed by atoms with Crippen molar-refractivity contribution in [2.24, 2.45) is 0 Å². The Kier molecular flexibility index (Phi) is 2.28. The molecule has 5 heteroatoms. The van der Waals surface area contributed by atoms with Crippen LogP contribution in [0, 0.1) is 0 Å². The second-order valence-electron chi connectivity index (χ2n) is 3.15. The number of halogens is 1. The maximum absolute atomic E-state index is 11.4. The van der Waals surface area contributed by atoms with E-state index in [9.17, 15) is 14.4 Å². The summed E-state index contributed by atoms with van der Waals surface area (Å²) in [5.74, 6) is -0.901. The number of carbonyl (C=O) groups is 3. The summed E-state index contributed by atoms with van der Waals surface area (Å²) in [4.78, 5) is 33.4.